The summed E-state index contributed by atoms with van der Waals surface area (Å²) >= 11 is 1.74. The van der Waals surface area contributed by atoms with Gasteiger partial charge in [-0.3, -0.25) is 4.79 Å². The summed E-state index contributed by atoms with van der Waals surface area (Å²) in [5.74, 6) is 0.757. The van der Waals surface area contributed by atoms with Crippen LogP contribution in [-0.4, -0.2) is 18.2 Å². The van der Waals surface area contributed by atoms with Crippen molar-refractivity contribution >= 4 is 17.7 Å². The Hall–Kier alpha value is -1.22. The third kappa shape index (κ3) is 4.96. The zero-order valence-electron chi connectivity index (χ0n) is 11.3. The maximum atomic E-state index is 10.9. The van der Waals surface area contributed by atoms with Crippen LogP contribution in [0.5, 0.6) is 0 Å². The first-order valence-corrected chi connectivity index (χ1v) is 7.05. The molecule has 0 saturated heterocycles. The quantitative estimate of drug-likeness (QED) is 0.501. The van der Waals surface area contributed by atoms with Gasteiger partial charge in [0.1, 0.15) is 0 Å². The van der Waals surface area contributed by atoms with Crippen LogP contribution in [0.25, 0.3) is 0 Å². The third-order valence-corrected chi connectivity index (χ3v) is 3.59. The Labute approximate surface area is 114 Å². The predicted octanol–water partition coefficient (Wildman–Crippen LogP) is 3.38. The fraction of sp³-hybridized carbons (Fsp3) is 0.400. The fourth-order valence-electron chi connectivity index (χ4n) is 1.47. The van der Waals surface area contributed by atoms with E-state index in [-0.39, 0.29) is 11.3 Å². The highest BCUT2D eigenvalue weighted by atomic mass is 32.2. The largest absolute Gasteiger partial charge is 0.352 e. The predicted molar refractivity (Wildman–Crippen MR) is 79.1 cm³/mol. The smallest absolute Gasteiger partial charge is 0.243 e. The highest BCUT2D eigenvalue weighted by Gasteiger charge is 2.12. The molecular weight excluding hydrogens is 242 g/mol. The van der Waals surface area contributed by atoms with E-state index in [2.05, 4.69) is 56.9 Å². The lowest BCUT2D eigenvalue weighted by molar-refractivity contribution is -0.116. The molecule has 1 aromatic carbocycles. The molecule has 0 aliphatic carbocycles. The van der Waals surface area contributed by atoms with Gasteiger partial charge in [0.25, 0.3) is 0 Å². The highest BCUT2D eigenvalue weighted by molar-refractivity contribution is 7.99. The molecule has 0 aromatic heterocycles. The number of amides is 1. The van der Waals surface area contributed by atoms with Gasteiger partial charge in [-0.25, -0.2) is 0 Å². The molecule has 0 bridgehead atoms. The van der Waals surface area contributed by atoms with Gasteiger partial charge in [-0.15, -0.1) is 11.8 Å². The summed E-state index contributed by atoms with van der Waals surface area (Å²) in [4.78, 5) is 12.2. The molecule has 18 heavy (non-hydrogen) atoms. The van der Waals surface area contributed by atoms with E-state index >= 15 is 0 Å². The van der Waals surface area contributed by atoms with Gasteiger partial charge in [-0.05, 0) is 29.2 Å². The number of hydrogen-bond acceptors (Lipinski definition) is 2. The van der Waals surface area contributed by atoms with E-state index < -0.39 is 0 Å². The van der Waals surface area contributed by atoms with E-state index in [1.807, 2.05) is 0 Å². The second kappa shape index (κ2) is 6.64. The number of thioether (sulfide) groups is 1. The monoisotopic (exact) mass is 263 g/mol. The van der Waals surface area contributed by atoms with Crippen LogP contribution in [0.2, 0.25) is 0 Å². The summed E-state index contributed by atoms with van der Waals surface area (Å²) in [5, 5.41) is 2.76. The van der Waals surface area contributed by atoms with Crippen molar-refractivity contribution in [2.75, 3.05) is 12.3 Å². The van der Waals surface area contributed by atoms with Gasteiger partial charge in [0, 0.05) is 17.2 Å². The minimum Gasteiger partial charge on any atom is -0.352 e. The van der Waals surface area contributed by atoms with E-state index in [0.29, 0.717) is 6.54 Å². The molecule has 0 spiro atoms. The van der Waals surface area contributed by atoms with Crippen molar-refractivity contribution in [2.45, 2.75) is 31.1 Å². The lowest BCUT2D eigenvalue weighted by atomic mass is 9.87. The van der Waals surface area contributed by atoms with Crippen molar-refractivity contribution in [3.8, 4) is 0 Å². The normalized spacial score (nSPS) is 11.1. The van der Waals surface area contributed by atoms with Crippen LogP contribution in [0.1, 0.15) is 26.3 Å². The Kier molecular flexibility index (Phi) is 5.48. The van der Waals surface area contributed by atoms with Gasteiger partial charge in [0.2, 0.25) is 5.91 Å². The number of benzene rings is 1. The van der Waals surface area contributed by atoms with E-state index in [4.69, 9.17) is 0 Å². The number of carbonyl (C=O) groups is 1. The van der Waals surface area contributed by atoms with Crippen LogP contribution in [0.3, 0.4) is 0 Å². The molecule has 0 atom stereocenters. The average molecular weight is 263 g/mol. The van der Waals surface area contributed by atoms with Crippen molar-refractivity contribution < 1.29 is 4.79 Å². The number of rotatable bonds is 5. The SMILES string of the molecule is C=CC(=O)NCCSc1ccc(C(C)(C)C)cc1. The molecule has 0 unspecified atom stereocenters. The Morgan fingerprint density at radius 2 is 1.94 bits per heavy atom. The maximum Gasteiger partial charge on any atom is 0.243 e. The van der Waals surface area contributed by atoms with Crippen LogP contribution in [0.15, 0.2) is 41.8 Å². The summed E-state index contributed by atoms with van der Waals surface area (Å²) < 4.78 is 0. The Morgan fingerprint density at radius 3 is 2.44 bits per heavy atom. The number of nitrogens with one attached hydrogen (secondary N) is 1. The minimum absolute atomic E-state index is 0.112. The van der Waals surface area contributed by atoms with Crippen LogP contribution in [0.4, 0.5) is 0 Å². The summed E-state index contributed by atoms with van der Waals surface area (Å²) in [5.41, 5.74) is 1.54. The van der Waals surface area contributed by atoms with Crippen molar-refractivity contribution in [1.29, 1.82) is 0 Å². The van der Waals surface area contributed by atoms with Gasteiger partial charge in [-0.1, -0.05) is 39.5 Å². The molecule has 0 aliphatic heterocycles. The first kappa shape index (κ1) is 14.8. The summed E-state index contributed by atoms with van der Waals surface area (Å²) in [6.45, 7) is 10.7. The molecule has 0 heterocycles. The van der Waals surface area contributed by atoms with Crippen molar-refractivity contribution in [3.05, 3.63) is 42.5 Å². The molecule has 98 valence electrons. The van der Waals surface area contributed by atoms with Crippen molar-refractivity contribution in [1.82, 2.24) is 5.32 Å². The molecule has 0 aliphatic rings. The van der Waals surface area contributed by atoms with Crippen molar-refractivity contribution in [3.63, 3.8) is 0 Å². The summed E-state index contributed by atoms with van der Waals surface area (Å²) in [6, 6.07) is 8.62. The molecule has 1 aromatic rings. The summed E-state index contributed by atoms with van der Waals surface area (Å²) in [7, 11) is 0. The Balaban J connectivity index is 2.40. The third-order valence-electron chi connectivity index (χ3n) is 2.58. The topological polar surface area (TPSA) is 29.1 Å². The van der Waals surface area contributed by atoms with Crippen LogP contribution in [0, 0.1) is 0 Å². The van der Waals surface area contributed by atoms with Crippen LogP contribution in [-0.2, 0) is 10.2 Å². The second-order valence-electron chi connectivity index (χ2n) is 5.12. The van der Waals surface area contributed by atoms with E-state index in [1.54, 1.807) is 11.8 Å². The lowest BCUT2D eigenvalue weighted by Gasteiger charge is -2.19. The molecule has 0 saturated carbocycles. The van der Waals surface area contributed by atoms with E-state index in [0.717, 1.165) is 5.75 Å². The van der Waals surface area contributed by atoms with Gasteiger partial charge >= 0.3 is 0 Å². The molecular formula is C15H21NOS. The molecule has 1 amide bonds. The van der Waals surface area contributed by atoms with Crippen LogP contribution < -0.4 is 5.32 Å². The standard InChI is InChI=1S/C15H21NOS/c1-5-14(17)16-10-11-18-13-8-6-12(7-9-13)15(2,3)4/h5-9H,1,10-11H2,2-4H3,(H,16,17). The second-order valence-corrected chi connectivity index (χ2v) is 6.29. The molecule has 1 N–H and O–H groups in total. The molecule has 0 radical (unpaired) electrons. The first-order chi connectivity index (χ1) is 8.43. The molecule has 3 heteroatoms. The van der Waals surface area contributed by atoms with E-state index in [9.17, 15) is 4.79 Å². The number of carbonyl (C=O) groups excluding carboxylic acids is 1. The lowest BCUT2D eigenvalue weighted by Crippen LogP contribution is -2.23. The average Bonchev–Trinajstić information content (AvgIpc) is 2.33. The fourth-order valence-corrected chi connectivity index (χ4v) is 2.23. The zero-order chi connectivity index (χ0) is 13.6. The number of hydrogen-bond donors (Lipinski definition) is 1. The maximum absolute atomic E-state index is 10.9. The Morgan fingerprint density at radius 1 is 1.33 bits per heavy atom. The van der Waals surface area contributed by atoms with Crippen LogP contribution >= 0.6 is 11.8 Å². The molecule has 1 rings (SSSR count). The van der Waals surface area contributed by atoms with Gasteiger partial charge < -0.3 is 5.32 Å². The van der Waals surface area contributed by atoms with E-state index in [1.165, 1.54) is 16.5 Å². The molecule has 0 fully saturated rings. The first-order valence-electron chi connectivity index (χ1n) is 6.07. The van der Waals surface area contributed by atoms with Crippen molar-refractivity contribution in [2.24, 2.45) is 0 Å². The van der Waals surface area contributed by atoms with Gasteiger partial charge in [-0.2, -0.15) is 0 Å². The molecule has 2 nitrogen and oxygen atoms in total. The van der Waals surface area contributed by atoms with Gasteiger partial charge in [0.05, 0.1) is 0 Å². The summed E-state index contributed by atoms with van der Waals surface area (Å²) in [6.07, 6.45) is 1.29. The Bertz CT molecular complexity index is 403. The van der Waals surface area contributed by atoms with Gasteiger partial charge in [0.15, 0.2) is 0 Å². The minimum atomic E-state index is -0.112. The highest BCUT2D eigenvalue weighted by Crippen LogP contribution is 2.25. The zero-order valence-corrected chi connectivity index (χ0v) is 12.1.